The van der Waals surface area contributed by atoms with Crippen molar-refractivity contribution in [3.8, 4) is 0 Å². The van der Waals surface area contributed by atoms with Gasteiger partial charge in [0.1, 0.15) is 18.5 Å². The number of benzene rings is 2. The van der Waals surface area contributed by atoms with Crippen LogP contribution in [-0.2, 0) is 33.9 Å². The van der Waals surface area contributed by atoms with E-state index in [9.17, 15) is 19.5 Å². The van der Waals surface area contributed by atoms with Crippen LogP contribution in [-0.4, -0.2) is 50.0 Å². The van der Waals surface area contributed by atoms with Crippen LogP contribution >= 0.6 is 11.6 Å². The highest BCUT2D eigenvalue weighted by Gasteiger charge is 2.41. The molecule has 2 atom stereocenters. The number of esters is 1. The Kier molecular flexibility index (Phi) is 10.2. The third kappa shape index (κ3) is 7.12. The number of nitrogens with zero attached hydrogens (tertiary/aromatic N) is 3. The first-order chi connectivity index (χ1) is 20.9. The molecular formula is C34H40ClN3O5. The number of rotatable bonds is 12. The lowest BCUT2D eigenvalue weighted by atomic mass is 9.83. The number of aromatic nitrogens is 2. The van der Waals surface area contributed by atoms with E-state index in [1.54, 1.807) is 9.47 Å². The van der Waals surface area contributed by atoms with E-state index in [1.807, 2.05) is 54.6 Å². The zero-order valence-electron chi connectivity index (χ0n) is 24.7. The van der Waals surface area contributed by atoms with Crippen molar-refractivity contribution in [1.29, 1.82) is 0 Å². The average Bonchev–Trinajstić information content (AvgIpc) is 3.77. The highest BCUT2D eigenvalue weighted by atomic mass is 35.5. The zero-order valence-corrected chi connectivity index (χ0v) is 25.5. The van der Waals surface area contributed by atoms with E-state index in [0.29, 0.717) is 31.8 Å². The monoisotopic (exact) mass is 605 g/mol. The summed E-state index contributed by atoms with van der Waals surface area (Å²) in [6, 6.07) is 16.9. The van der Waals surface area contributed by atoms with Crippen molar-refractivity contribution in [2.75, 3.05) is 6.54 Å². The van der Waals surface area contributed by atoms with Crippen LogP contribution in [0, 0.1) is 5.92 Å². The lowest BCUT2D eigenvalue weighted by molar-refractivity contribution is -0.155. The number of hydrogen-bond acceptors (Lipinski definition) is 5. The van der Waals surface area contributed by atoms with Crippen molar-refractivity contribution in [3.05, 3.63) is 88.0 Å². The second kappa shape index (κ2) is 14.2. The predicted molar refractivity (Wildman–Crippen MR) is 164 cm³/mol. The van der Waals surface area contributed by atoms with E-state index < -0.39 is 12.0 Å². The number of hydrogen-bond donors (Lipinski definition) is 1. The van der Waals surface area contributed by atoms with Crippen molar-refractivity contribution >= 4 is 29.4 Å². The number of carbonyl (C=O) groups is 3. The smallest absolute Gasteiger partial charge is 0.355 e. The maximum Gasteiger partial charge on any atom is 0.355 e. The molecule has 8 nitrogen and oxygen atoms in total. The molecule has 1 aliphatic heterocycles. The molecule has 1 saturated carbocycles. The summed E-state index contributed by atoms with van der Waals surface area (Å²) in [6.07, 6.45) is 8.00. The molecular weight excluding hydrogens is 566 g/mol. The Morgan fingerprint density at radius 1 is 1.00 bits per heavy atom. The van der Waals surface area contributed by atoms with Gasteiger partial charge in [-0.1, -0.05) is 92.4 Å². The third-order valence-corrected chi connectivity index (χ3v) is 9.07. The quantitative estimate of drug-likeness (QED) is 0.232. The van der Waals surface area contributed by atoms with Crippen LogP contribution in [0.4, 0.5) is 0 Å². The lowest BCUT2D eigenvalue weighted by Crippen LogP contribution is -2.44. The van der Waals surface area contributed by atoms with Gasteiger partial charge in [0.25, 0.3) is 0 Å². The number of ether oxygens (including phenoxy) is 1. The molecule has 1 aromatic heterocycles. The number of carboxylic acids is 1. The van der Waals surface area contributed by atoms with Crippen molar-refractivity contribution in [2.45, 2.75) is 89.8 Å². The van der Waals surface area contributed by atoms with Gasteiger partial charge in [0.15, 0.2) is 10.8 Å². The molecule has 0 radical (unpaired) electrons. The molecule has 2 aliphatic rings. The largest absolute Gasteiger partial charge is 0.476 e. The van der Waals surface area contributed by atoms with Gasteiger partial charge < -0.3 is 19.3 Å². The zero-order chi connectivity index (χ0) is 30.3. The molecule has 228 valence electrons. The van der Waals surface area contributed by atoms with E-state index >= 15 is 0 Å². The standard InChI is InChI=1S/C34H40ClN3O5/c1-2-3-15-28-36-31(35)30(33(40)41)38(28)21-23-16-18-26(19-17-23)29(25-12-7-8-13-25)32(39)37-20-9-14-27(37)34(42)43-22-24-10-5-4-6-11-24/h4-6,10-11,16-19,25,27,29H,2-3,7-9,12-15,20-22H2,1H3,(H,40,41)/t27-,29?/m0/s1. The Bertz CT molecular complexity index is 1420. The van der Waals surface area contributed by atoms with Crippen molar-refractivity contribution in [2.24, 2.45) is 5.92 Å². The first kappa shape index (κ1) is 30.8. The number of imidazole rings is 1. The Hall–Kier alpha value is -3.65. The third-order valence-electron chi connectivity index (χ3n) is 8.81. The molecule has 1 saturated heterocycles. The molecule has 5 rings (SSSR count). The fourth-order valence-corrected chi connectivity index (χ4v) is 6.85. The van der Waals surface area contributed by atoms with Gasteiger partial charge in [-0.25, -0.2) is 14.6 Å². The molecule has 43 heavy (non-hydrogen) atoms. The predicted octanol–water partition coefficient (Wildman–Crippen LogP) is 6.63. The fourth-order valence-electron chi connectivity index (χ4n) is 6.57. The number of amides is 1. The molecule has 1 aliphatic carbocycles. The van der Waals surface area contributed by atoms with Crippen LogP contribution in [0.15, 0.2) is 54.6 Å². The molecule has 3 aromatic rings. The van der Waals surface area contributed by atoms with Crippen molar-refractivity contribution in [1.82, 2.24) is 14.5 Å². The summed E-state index contributed by atoms with van der Waals surface area (Å²) in [5.41, 5.74) is 2.74. The Labute approximate surface area is 258 Å². The van der Waals surface area contributed by atoms with Crippen molar-refractivity contribution < 1.29 is 24.2 Å². The molecule has 0 spiro atoms. The van der Waals surface area contributed by atoms with Gasteiger partial charge in [0.05, 0.1) is 5.92 Å². The van der Waals surface area contributed by atoms with E-state index in [1.165, 1.54) is 0 Å². The minimum absolute atomic E-state index is 0.00424. The summed E-state index contributed by atoms with van der Waals surface area (Å²) in [4.78, 5) is 45.4. The second-order valence-corrected chi connectivity index (χ2v) is 12.1. The lowest BCUT2D eigenvalue weighted by Gasteiger charge is -2.31. The maximum absolute atomic E-state index is 14.2. The summed E-state index contributed by atoms with van der Waals surface area (Å²) >= 11 is 6.22. The Morgan fingerprint density at radius 3 is 2.40 bits per heavy atom. The minimum atomic E-state index is -1.11. The van der Waals surface area contributed by atoms with Gasteiger partial charge in [-0.2, -0.15) is 0 Å². The minimum Gasteiger partial charge on any atom is -0.476 e. The molecule has 0 bridgehead atoms. The summed E-state index contributed by atoms with van der Waals surface area (Å²) in [5, 5.41) is 9.80. The number of aryl methyl sites for hydroxylation is 1. The molecule has 1 amide bonds. The van der Waals surface area contributed by atoms with Gasteiger partial charge in [0, 0.05) is 19.5 Å². The molecule has 2 fully saturated rings. The molecule has 9 heteroatoms. The van der Waals surface area contributed by atoms with E-state index in [0.717, 1.165) is 61.6 Å². The first-order valence-corrected chi connectivity index (χ1v) is 15.8. The number of likely N-dealkylation sites (tertiary alicyclic amines) is 1. The van der Waals surface area contributed by atoms with Crippen LogP contribution in [0.2, 0.25) is 5.15 Å². The number of halogens is 1. The van der Waals surface area contributed by atoms with E-state index in [2.05, 4.69) is 11.9 Å². The number of aromatic carboxylic acids is 1. The summed E-state index contributed by atoms with van der Waals surface area (Å²) in [5.74, 6) is -0.918. The molecule has 1 unspecified atom stereocenters. The van der Waals surface area contributed by atoms with Crippen molar-refractivity contribution in [3.63, 3.8) is 0 Å². The highest BCUT2D eigenvalue weighted by molar-refractivity contribution is 6.32. The van der Waals surface area contributed by atoms with Crippen LogP contribution < -0.4 is 0 Å². The molecule has 2 heterocycles. The summed E-state index contributed by atoms with van der Waals surface area (Å²) in [6.45, 7) is 3.14. The van der Waals surface area contributed by atoms with Gasteiger partial charge in [-0.15, -0.1) is 0 Å². The van der Waals surface area contributed by atoms with Gasteiger partial charge in [-0.3, -0.25) is 4.79 Å². The Balaban J connectivity index is 1.34. The number of carbonyl (C=O) groups excluding carboxylic acids is 2. The van der Waals surface area contributed by atoms with Gasteiger partial charge in [0.2, 0.25) is 5.91 Å². The van der Waals surface area contributed by atoms with E-state index in [4.69, 9.17) is 16.3 Å². The fraction of sp³-hybridized carbons (Fsp3) is 0.471. The summed E-state index contributed by atoms with van der Waals surface area (Å²) in [7, 11) is 0. The van der Waals surface area contributed by atoms with Gasteiger partial charge in [-0.05, 0) is 54.7 Å². The van der Waals surface area contributed by atoms with Gasteiger partial charge >= 0.3 is 11.9 Å². The maximum atomic E-state index is 14.2. The van der Waals surface area contributed by atoms with E-state index in [-0.39, 0.29) is 41.2 Å². The topological polar surface area (TPSA) is 102 Å². The van der Waals surface area contributed by atoms with Crippen LogP contribution in [0.5, 0.6) is 0 Å². The normalized spacial score (nSPS) is 17.7. The highest BCUT2D eigenvalue weighted by Crippen LogP contribution is 2.40. The molecule has 2 aromatic carbocycles. The SMILES string of the molecule is CCCCc1nc(Cl)c(C(=O)O)n1Cc1ccc(C(C(=O)N2CCC[C@H]2C(=O)OCc2ccccc2)C2CCCC2)cc1. The number of carboxylic acid groups (broad SMARTS) is 1. The number of unbranched alkanes of at least 4 members (excludes halogenated alkanes) is 1. The first-order valence-electron chi connectivity index (χ1n) is 15.5. The van der Waals surface area contributed by atoms with Crippen LogP contribution in [0.3, 0.4) is 0 Å². The summed E-state index contributed by atoms with van der Waals surface area (Å²) < 4.78 is 7.33. The second-order valence-electron chi connectivity index (χ2n) is 11.7. The molecule has 1 N–H and O–H groups in total. The van der Waals surface area contributed by atoms with Crippen LogP contribution in [0.1, 0.15) is 97.2 Å². The van der Waals surface area contributed by atoms with Crippen LogP contribution in [0.25, 0.3) is 0 Å². The average molecular weight is 606 g/mol. The Morgan fingerprint density at radius 2 is 1.72 bits per heavy atom.